The van der Waals surface area contributed by atoms with Gasteiger partial charge in [0.15, 0.2) is 0 Å². The second-order valence-electron chi connectivity index (χ2n) is 5.00. The number of esters is 1. The fraction of sp³-hybridized carbons (Fsp3) is 0.438. The number of guanidine groups is 1. The van der Waals surface area contributed by atoms with Crippen LogP contribution in [0.15, 0.2) is 28.1 Å². The number of aliphatic imine (C=N–C) groups is 1. The van der Waals surface area contributed by atoms with Gasteiger partial charge in [-0.3, -0.25) is 20.2 Å². The minimum atomic E-state index is -0.843. The molecule has 0 spiro atoms. The Hall–Kier alpha value is -2.82. The average molecular weight is 398 g/mol. The van der Waals surface area contributed by atoms with Crippen LogP contribution in [0.5, 0.6) is 0 Å². The molecule has 1 aromatic rings. The van der Waals surface area contributed by atoms with Crippen LogP contribution in [-0.2, 0) is 14.3 Å². The van der Waals surface area contributed by atoms with Crippen molar-refractivity contribution in [1.82, 2.24) is 5.32 Å². The Morgan fingerprint density at radius 3 is 2.67 bits per heavy atom. The van der Waals surface area contributed by atoms with Crippen LogP contribution in [0.4, 0.5) is 16.2 Å². The summed E-state index contributed by atoms with van der Waals surface area (Å²) in [6, 6.07) is 4.59. The van der Waals surface area contributed by atoms with Gasteiger partial charge in [-0.1, -0.05) is 6.92 Å². The van der Waals surface area contributed by atoms with Crippen LogP contribution in [-0.4, -0.2) is 49.0 Å². The molecule has 11 heteroatoms. The van der Waals surface area contributed by atoms with E-state index < -0.39 is 17.0 Å². The predicted molar refractivity (Wildman–Crippen MR) is 102 cm³/mol. The van der Waals surface area contributed by atoms with E-state index in [1.165, 1.54) is 17.8 Å². The lowest BCUT2D eigenvalue weighted by Gasteiger charge is -2.12. The quantitative estimate of drug-likeness (QED) is 0.171. The highest BCUT2D eigenvalue weighted by atomic mass is 32.2. The Balaban J connectivity index is 3.12. The number of nitrogens with one attached hydrogen (secondary N) is 2. The van der Waals surface area contributed by atoms with Crippen LogP contribution >= 0.6 is 11.8 Å². The third-order valence-corrected chi connectivity index (χ3v) is 4.17. The lowest BCUT2D eigenvalue weighted by atomic mass is 10.2. The van der Waals surface area contributed by atoms with Crippen LogP contribution in [0.25, 0.3) is 0 Å². The molecule has 0 saturated carbocycles. The second kappa shape index (κ2) is 11.7. The summed E-state index contributed by atoms with van der Waals surface area (Å²) in [4.78, 5) is 38.4. The van der Waals surface area contributed by atoms with Crippen molar-refractivity contribution >= 4 is 41.2 Å². The summed E-state index contributed by atoms with van der Waals surface area (Å²) in [7, 11) is 1.16. The average Bonchev–Trinajstić information content (AvgIpc) is 2.64. The number of rotatable bonds is 8. The van der Waals surface area contributed by atoms with Crippen LogP contribution < -0.4 is 10.6 Å². The van der Waals surface area contributed by atoms with E-state index in [-0.39, 0.29) is 30.5 Å². The van der Waals surface area contributed by atoms with Gasteiger partial charge in [0.1, 0.15) is 12.2 Å². The number of ether oxygens (including phenoxy) is 2. The molecule has 0 bridgehead atoms. The van der Waals surface area contributed by atoms with Crippen LogP contribution in [0.3, 0.4) is 0 Å². The molecule has 27 heavy (non-hydrogen) atoms. The van der Waals surface area contributed by atoms with Crippen molar-refractivity contribution in [2.45, 2.75) is 25.2 Å². The Morgan fingerprint density at radius 2 is 2.07 bits per heavy atom. The number of carbonyl (C=O) groups excluding carboxylic acids is 2. The monoisotopic (exact) mass is 398 g/mol. The number of alkyl carbamates (subject to hydrolysis) is 1. The third kappa shape index (κ3) is 7.94. The van der Waals surface area contributed by atoms with Gasteiger partial charge < -0.3 is 14.8 Å². The SMILES string of the molecule is CCCSc1ccc([N+](=O)[O-])c(NC(=NCC(=O)OCC)NC(=O)OC)c1. The molecule has 148 valence electrons. The summed E-state index contributed by atoms with van der Waals surface area (Å²) < 4.78 is 9.27. The molecule has 0 aliphatic rings. The van der Waals surface area contributed by atoms with Crippen LogP contribution in [0.2, 0.25) is 0 Å². The number of thioether (sulfide) groups is 1. The molecule has 0 atom stereocenters. The van der Waals surface area contributed by atoms with Crippen LogP contribution in [0.1, 0.15) is 20.3 Å². The molecule has 1 aromatic carbocycles. The van der Waals surface area contributed by atoms with Crippen LogP contribution in [0, 0.1) is 10.1 Å². The maximum absolute atomic E-state index is 11.5. The fourth-order valence-corrected chi connectivity index (χ4v) is 2.63. The molecule has 0 fully saturated rings. The van der Waals surface area contributed by atoms with E-state index in [0.717, 1.165) is 24.2 Å². The molecule has 0 aliphatic carbocycles. The Bertz CT molecular complexity index is 710. The summed E-state index contributed by atoms with van der Waals surface area (Å²) in [6.45, 7) is 3.48. The Labute approximate surface area is 160 Å². The van der Waals surface area contributed by atoms with E-state index >= 15 is 0 Å². The molecule has 0 heterocycles. The van der Waals surface area contributed by atoms with E-state index in [0.29, 0.717) is 0 Å². The van der Waals surface area contributed by atoms with E-state index in [1.807, 2.05) is 6.92 Å². The normalized spacial score (nSPS) is 10.9. The highest BCUT2D eigenvalue weighted by Crippen LogP contribution is 2.30. The first-order valence-corrected chi connectivity index (χ1v) is 9.13. The first-order valence-electron chi connectivity index (χ1n) is 8.14. The first kappa shape index (κ1) is 22.2. The number of hydrogen-bond acceptors (Lipinski definition) is 8. The molecule has 0 unspecified atom stereocenters. The molecular weight excluding hydrogens is 376 g/mol. The van der Waals surface area contributed by atoms with Gasteiger partial charge in [0, 0.05) is 11.0 Å². The topological polar surface area (TPSA) is 132 Å². The number of nitrogens with zero attached hydrogens (tertiary/aromatic N) is 2. The van der Waals surface area contributed by atoms with Gasteiger partial charge in [0.25, 0.3) is 5.69 Å². The van der Waals surface area contributed by atoms with Gasteiger partial charge in [0.2, 0.25) is 5.96 Å². The number of methoxy groups -OCH3 is 1. The van der Waals surface area contributed by atoms with Crippen molar-refractivity contribution in [1.29, 1.82) is 0 Å². The second-order valence-corrected chi connectivity index (χ2v) is 6.16. The van der Waals surface area contributed by atoms with Crippen molar-refractivity contribution in [2.24, 2.45) is 4.99 Å². The lowest BCUT2D eigenvalue weighted by Crippen LogP contribution is -2.36. The molecule has 1 rings (SSSR count). The number of anilines is 1. The summed E-state index contributed by atoms with van der Waals surface area (Å²) in [6.07, 6.45) is 0.102. The highest BCUT2D eigenvalue weighted by Gasteiger charge is 2.17. The van der Waals surface area contributed by atoms with Gasteiger partial charge in [-0.2, -0.15) is 0 Å². The van der Waals surface area contributed by atoms with Crippen molar-refractivity contribution in [3.63, 3.8) is 0 Å². The van der Waals surface area contributed by atoms with Gasteiger partial charge in [-0.25, -0.2) is 9.79 Å². The number of hydrogen-bond donors (Lipinski definition) is 2. The standard InChI is InChI=1S/C16H22N4O6S/c1-4-8-27-11-6-7-13(20(23)24)12(9-11)18-15(19-16(22)25-3)17-10-14(21)26-5-2/h6-7,9H,4-5,8,10H2,1-3H3,(H2,17,18,19,22). The summed E-state index contributed by atoms with van der Waals surface area (Å²) in [5, 5.41) is 16.3. The Morgan fingerprint density at radius 1 is 1.33 bits per heavy atom. The summed E-state index contributed by atoms with van der Waals surface area (Å²) in [5.41, 5.74) is -0.0773. The minimum absolute atomic E-state index is 0.125. The highest BCUT2D eigenvalue weighted by molar-refractivity contribution is 7.99. The summed E-state index contributed by atoms with van der Waals surface area (Å²) in [5.74, 6) is 0.0717. The summed E-state index contributed by atoms with van der Waals surface area (Å²) >= 11 is 1.54. The Kier molecular flexibility index (Phi) is 9.65. The molecular formula is C16H22N4O6S. The zero-order valence-electron chi connectivity index (χ0n) is 15.3. The number of carbonyl (C=O) groups is 2. The van der Waals surface area contributed by atoms with Crippen molar-refractivity contribution in [2.75, 3.05) is 31.3 Å². The smallest absolute Gasteiger partial charge is 0.413 e. The lowest BCUT2D eigenvalue weighted by molar-refractivity contribution is -0.383. The van der Waals surface area contributed by atoms with Crippen molar-refractivity contribution < 1.29 is 24.0 Å². The van der Waals surface area contributed by atoms with Crippen molar-refractivity contribution in [3.05, 3.63) is 28.3 Å². The van der Waals surface area contributed by atoms with E-state index in [9.17, 15) is 19.7 Å². The van der Waals surface area contributed by atoms with Gasteiger partial charge >= 0.3 is 12.1 Å². The molecule has 0 radical (unpaired) electrons. The molecule has 10 nitrogen and oxygen atoms in total. The molecule has 0 aromatic heterocycles. The predicted octanol–water partition coefficient (Wildman–Crippen LogP) is 2.78. The minimum Gasteiger partial charge on any atom is -0.465 e. The third-order valence-electron chi connectivity index (χ3n) is 2.97. The fourth-order valence-electron chi connectivity index (χ4n) is 1.82. The van der Waals surface area contributed by atoms with Gasteiger partial charge in [0.05, 0.1) is 18.6 Å². The molecule has 2 N–H and O–H groups in total. The van der Waals surface area contributed by atoms with E-state index in [1.54, 1.807) is 19.1 Å². The zero-order valence-corrected chi connectivity index (χ0v) is 16.1. The molecule has 0 saturated heterocycles. The maximum Gasteiger partial charge on any atom is 0.413 e. The molecule has 1 amide bonds. The number of nitro benzene ring substituents is 1. The van der Waals surface area contributed by atoms with E-state index in [2.05, 4.69) is 20.4 Å². The maximum atomic E-state index is 11.5. The largest absolute Gasteiger partial charge is 0.465 e. The van der Waals surface area contributed by atoms with Gasteiger partial charge in [-0.15, -0.1) is 11.8 Å². The van der Waals surface area contributed by atoms with E-state index in [4.69, 9.17) is 4.74 Å². The number of amides is 1. The number of benzene rings is 1. The molecule has 0 aliphatic heterocycles. The van der Waals surface area contributed by atoms with Gasteiger partial charge in [-0.05, 0) is 31.2 Å². The van der Waals surface area contributed by atoms with Crippen molar-refractivity contribution in [3.8, 4) is 0 Å². The zero-order chi connectivity index (χ0) is 20.2. The first-order chi connectivity index (χ1) is 12.9. The number of nitro groups is 1.